The van der Waals surface area contributed by atoms with Gasteiger partial charge in [-0.3, -0.25) is 4.98 Å². The monoisotopic (exact) mass is 315 g/mol. The molecule has 0 aliphatic heterocycles. The van der Waals surface area contributed by atoms with Gasteiger partial charge in [0.25, 0.3) is 0 Å². The van der Waals surface area contributed by atoms with Crippen LogP contribution in [0, 0.1) is 0 Å². The van der Waals surface area contributed by atoms with Crippen LogP contribution in [0.25, 0.3) is 11.0 Å². The van der Waals surface area contributed by atoms with E-state index in [2.05, 4.69) is 27.5 Å². The zero-order valence-corrected chi connectivity index (χ0v) is 14.1. The smallest absolute Gasteiger partial charge is 0.407 e. The van der Waals surface area contributed by atoms with Crippen LogP contribution < -0.4 is 5.32 Å². The zero-order valence-electron chi connectivity index (χ0n) is 14.1. The Balaban J connectivity index is 1.57. The van der Waals surface area contributed by atoms with Crippen molar-refractivity contribution in [2.45, 2.75) is 64.0 Å². The minimum absolute atomic E-state index is 0.208. The van der Waals surface area contributed by atoms with Crippen LogP contribution in [0.4, 0.5) is 4.79 Å². The van der Waals surface area contributed by atoms with E-state index in [1.807, 2.05) is 33.0 Å². The third kappa shape index (κ3) is 3.84. The van der Waals surface area contributed by atoms with Crippen molar-refractivity contribution in [2.75, 3.05) is 0 Å². The largest absolute Gasteiger partial charge is 0.444 e. The van der Waals surface area contributed by atoms with Crippen LogP contribution in [0.5, 0.6) is 0 Å². The highest BCUT2D eigenvalue weighted by molar-refractivity contribution is 5.79. The van der Waals surface area contributed by atoms with E-state index in [0.717, 1.165) is 36.7 Å². The lowest BCUT2D eigenvalue weighted by atomic mass is 9.82. The molecule has 1 fully saturated rings. The first-order valence-electron chi connectivity index (χ1n) is 8.34. The summed E-state index contributed by atoms with van der Waals surface area (Å²) in [5.74, 6) is 0.510. The summed E-state index contributed by atoms with van der Waals surface area (Å²) < 4.78 is 5.33. The fourth-order valence-corrected chi connectivity index (χ4v) is 3.31. The fraction of sp³-hybridized carbons (Fsp3) is 0.556. The van der Waals surface area contributed by atoms with Crippen LogP contribution in [0.15, 0.2) is 24.5 Å². The fourth-order valence-electron chi connectivity index (χ4n) is 3.31. The third-order valence-corrected chi connectivity index (χ3v) is 4.35. The van der Waals surface area contributed by atoms with Gasteiger partial charge in [0.1, 0.15) is 5.60 Å². The van der Waals surface area contributed by atoms with E-state index < -0.39 is 5.60 Å². The number of ether oxygens (including phenoxy) is 1. The normalized spacial score (nSPS) is 22.0. The van der Waals surface area contributed by atoms with Crippen molar-refractivity contribution in [1.29, 1.82) is 0 Å². The maximum atomic E-state index is 11.9. The average Bonchev–Trinajstić information content (AvgIpc) is 2.90. The van der Waals surface area contributed by atoms with Crippen LogP contribution in [0.1, 0.15) is 57.9 Å². The van der Waals surface area contributed by atoms with Crippen LogP contribution in [-0.4, -0.2) is 27.7 Å². The molecule has 5 heteroatoms. The minimum Gasteiger partial charge on any atom is -0.444 e. The van der Waals surface area contributed by atoms with Crippen molar-refractivity contribution in [3.63, 3.8) is 0 Å². The van der Waals surface area contributed by atoms with Gasteiger partial charge in [0.15, 0.2) is 0 Å². The predicted molar refractivity (Wildman–Crippen MR) is 90.5 cm³/mol. The number of fused-ring (bicyclic) bond motifs is 1. The number of aromatic nitrogens is 2. The molecule has 3 rings (SSSR count). The predicted octanol–water partition coefficient (Wildman–Crippen LogP) is 4.11. The lowest BCUT2D eigenvalue weighted by Gasteiger charge is -2.29. The molecule has 2 heterocycles. The summed E-state index contributed by atoms with van der Waals surface area (Å²) in [4.78, 5) is 19.7. The second-order valence-electron chi connectivity index (χ2n) is 7.34. The number of H-pyrrole nitrogens is 1. The number of carbonyl (C=O) groups excluding carboxylic acids is 1. The van der Waals surface area contributed by atoms with Gasteiger partial charge < -0.3 is 15.0 Å². The molecule has 0 radical (unpaired) electrons. The number of amides is 1. The van der Waals surface area contributed by atoms with Gasteiger partial charge in [-0.05, 0) is 70.1 Å². The molecule has 1 aliphatic rings. The van der Waals surface area contributed by atoms with Gasteiger partial charge in [0, 0.05) is 18.4 Å². The summed E-state index contributed by atoms with van der Waals surface area (Å²) >= 11 is 0. The Morgan fingerprint density at radius 2 is 2.04 bits per heavy atom. The highest BCUT2D eigenvalue weighted by Gasteiger charge is 2.27. The molecule has 1 amide bonds. The molecule has 0 bridgehead atoms. The topological polar surface area (TPSA) is 67.0 Å². The summed E-state index contributed by atoms with van der Waals surface area (Å²) in [5, 5.41) is 2.99. The number of hydrogen-bond donors (Lipinski definition) is 2. The van der Waals surface area contributed by atoms with E-state index in [4.69, 9.17) is 4.74 Å². The molecule has 5 nitrogen and oxygen atoms in total. The number of hydrogen-bond acceptors (Lipinski definition) is 3. The van der Waals surface area contributed by atoms with E-state index in [1.165, 1.54) is 5.56 Å². The lowest BCUT2D eigenvalue weighted by Crippen LogP contribution is -2.40. The molecule has 0 spiro atoms. The Morgan fingerprint density at radius 1 is 1.30 bits per heavy atom. The van der Waals surface area contributed by atoms with Gasteiger partial charge in [-0.15, -0.1) is 0 Å². The van der Waals surface area contributed by atoms with Crippen molar-refractivity contribution in [1.82, 2.24) is 15.3 Å². The van der Waals surface area contributed by atoms with E-state index in [1.54, 1.807) is 0 Å². The van der Waals surface area contributed by atoms with Crippen molar-refractivity contribution in [3.8, 4) is 0 Å². The summed E-state index contributed by atoms with van der Waals surface area (Å²) in [7, 11) is 0. The highest BCUT2D eigenvalue weighted by Crippen LogP contribution is 2.35. The summed E-state index contributed by atoms with van der Waals surface area (Å²) in [6, 6.07) is 4.21. The van der Waals surface area contributed by atoms with Gasteiger partial charge in [-0.1, -0.05) is 0 Å². The second kappa shape index (κ2) is 6.22. The summed E-state index contributed by atoms with van der Waals surface area (Å²) in [6.45, 7) is 5.65. The first-order chi connectivity index (χ1) is 10.9. The number of alkyl carbamates (subject to hydrolysis) is 1. The van der Waals surface area contributed by atoms with Gasteiger partial charge in [0.05, 0.1) is 11.0 Å². The molecule has 1 saturated carbocycles. The molecule has 2 N–H and O–H groups in total. The molecule has 1 aliphatic carbocycles. The zero-order chi connectivity index (χ0) is 16.4. The SMILES string of the molecule is CC(C)(C)OC(=O)NC1CCC(c2c[nH]c3cccnc23)CC1. The van der Waals surface area contributed by atoms with Crippen LogP contribution in [0.3, 0.4) is 0 Å². The minimum atomic E-state index is -0.447. The maximum Gasteiger partial charge on any atom is 0.407 e. The summed E-state index contributed by atoms with van der Waals surface area (Å²) in [5.41, 5.74) is 3.03. The van der Waals surface area contributed by atoms with E-state index in [0.29, 0.717) is 5.92 Å². The first kappa shape index (κ1) is 15.8. The molecule has 0 saturated heterocycles. The number of nitrogens with zero attached hydrogens (tertiary/aromatic N) is 1. The molecule has 23 heavy (non-hydrogen) atoms. The molecular weight excluding hydrogens is 290 g/mol. The number of carbonyl (C=O) groups is 1. The molecule has 0 unspecified atom stereocenters. The Bertz CT molecular complexity index is 679. The van der Waals surface area contributed by atoms with Gasteiger partial charge in [-0.25, -0.2) is 4.79 Å². The van der Waals surface area contributed by atoms with Gasteiger partial charge >= 0.3 is 6.09 Å². The number of aromatic amines is 1. The Kier molecular flexibility index (Phi) is 4.28. The number of pyridine rings is 1. The average molecular weight is 315 g/mol. The molecular formula is C18H25N3O2. The molecule has 2 aromatic heterocycles. The second-order valence-corrected chi connectivity index (χ2v) is 7.34. The van der Waals surface area contributed by atoms with E-state index in [-0.39, 0.29) is 12.1 Å². The molecule has 124 valence electrons. The van der Waals surface area contributed by atoms with Crippen LogP contribution in [-0.2, 0) is 4.74 Å². The first-order valence-corrected chi connectivity index (χ1v) is 8.34. The van der Waals surface area contributed by atoms with Crippen LogP contribution >= 0.6 is 0 Å². The van der Waals surface area contributed by atoms with Gasteiger partial charge in [0.2, 0.25) is 0 Å². The lowest BCUT2D eigenvalue weighted by molar-refractivity contribution is 0.0491. The molecule has 0 atom stereocenters. The Morgan fingerprint density at radius 3 is 2.74 bits per heavy atom. The highest BCUT2D eigenvalue weighted by atomic mass is 16.6. The molecule has 2 aromatic rings. The third-order valence-electron chi connectivity index (χ3n) is 4.35. The van der Waals surface area contributed by atoms with Crippen molar-refractivity contribution in [2.24, 2.45) is 0 Å². The number of nitrogens with one attached hydrogen (secondary N) is 2. The van der Waals surface area contributed by atoms with Crippen molar-refractivity contribution in [3.05, 3.63) is 30.1 Å². The van der Waals surface area contributed by atoms with Gasteiger partial charge in [-0.2, -0.15) is 0 Å². The van der Waals surface area contributed by atoms with Crippen molar-refractivity contribution >= 4 is 17.1 Å². The van der Waals surface area contributed by atoms with E-state index in [9.17, 15) is 4.79 Å². The molecule has 0 aromatic carbocycles. The number of rotatable bonds is 2. The standard InChI is InChI=1S/C18H25N3O2/c1-18(2,3)23-17(22)21-13-8-6-12(7-9-13)14-11-20-15-5-4-10-19-16(14)15/h4-5,10-13,20H,6-9H2,1-3H3,(H,21,22). The van der Waals surface area contributed by atoms with Crippen LogP contribution in [0.2, 0.25) is 0 Å². The Hall–Kier alpha value is -2.04. The summed E-state index contributed by atoms with van der Waals surface area (Å²) in [6.07, 6.45) is 7.69. The quantitative estimate of drug-likeness (QED) is 0.876. The maximum absolute atomic E-state index is 11.9. The van der Waals surface area contributed by atoms with E-state index >= 15 is 0 Å². The Labute approximate surface area is 136 Å². The van der Waals surface area contributed by atoms with Crippen molar-refractivity contribution < 1.29 is 9.53 Å².